The van der Waals surface area contributed by atoms with Gasteiger partial charge in [-0.15, -0.1) is 0 Å². The highest BCUT2D eigenvalue weighted by Gasteiger charge is 2.10. The van der Waals surface area contributed by atoms with Gasteiger partial charge in [0.1, 0.15) is 12.4 Å². The van der Waals surface area contributed by atoms with Crippen LogP contribution in [0.25, 0.3) is 0 Å². The number of nitrogens with one attached hydrogen (secondary N) is 1. The third-order valence-electron chi connectivity index (χ3n) is 3.65. The van der Waals surface area contributed by atoms with Gasteiger partial charge in [0.2, 0.25) is 0 Å². The Kier molecular flexibility index (Phi) is 4.69. The molecule has 4 nitrogen and oxygen atoms in total. The monoisotopic (exact) mass is 283 g/mol. The summed E-state index contributed by atoms with van der Waals surface area (Å²) in [6.45, 7) is 4.85. The molecule has 0 amide bonds. The third kappa shape index (κ3) is 3.95. The molecule has 1 aromatic carbocycles. The summed E-state index contributed by atoms with van der Waals surface area (Å²) in [5, 5.41) is 3.43. The van der Waals surface area contributed by atoms with Gasteiger partial charge in [-0.2, -0.15) is 0 Å². The first-order valence-corrected chi connectivity index (χ1v) is 7.49. The number of pyridine rings is 1. The highest BCUT2D eigenvalue weighted by molar-refractivity contribution is 5.50. The van der Waals surface area contributed by atoms with Gasteiger partial charge in [-0.3, -0.25) is 4.98 Å². The number of nitrogens with zero attached hydrogens (tertiary/aromatic N) is 2. The van der Waals surface area contributed by atoms with Gasteiger partial charge < -0.3 is 15.0 Å². The molecule has 0 unspecified atom stereocenters. The summed E-state index contributed by atoms with van der Waals surface area (Å²) < 4.78 is 5.87. The fraction of sp³-hybridized carbons (Fsp3) is 0.353. The van der Waals surface area contributed by atoms with Crippen molar-refractivity contribution in [3.63, 3.8) is 0 Å². The van der Waals surface area contributed by atoms with Crippen molar-refractivity contribution in [2.24, 2.45) is 0 Å². The first-order valence-electron chi connectivity index (χ1n) is 7.49. The Morgan fingerprint density at radius 3 is 3.05 bits per heavy atom. The van der Waals surface area contributed by atoms with Crippen molar-refractivity contribution < 1.29 is 4.74 Å². The van der Waals surface area contributed by atoms with E-state index in [1.807, 2.05) is 24.4 Å². The van der Waals surface area contributed by atoms with Gasteiger partial charge in [-0.1, -0.05) is 12.1 Å². The van der Waals surface area contributed by atoms with Crippen molar-refractivity contribution in [2.45, 2.75) is 13.0 Å². The maximum atomic E-state index is 5.87. The van der Waals surface area contributed by atoms with Crippen molar-refractivity contribution in [1.82, 2.24) is 10.3 Å². The second-order valence-corrected chi connectivity index (χ2v) is 5.24. The number of hydrogen-bond acceptors (Lipinski definition) is 4. The smallest absolute Gasteiger partial charge is 0.121 e. The molecule has 0 aliphatic carbocycles. The molecule has 3 rings (SSSR count). The highest BCUT2D eigenvalue weighted by atomic mass is 16.5. The molecule has 2 aromatic rings. The van der Waals surface area contributed by atoms with Crippen molar-refractivity contribution >= 4 is 5.69 Å². The second kappa shape index (κ2) is 7.09. The van der Waals surface area contributed by atoms with Crippen molar-refractivity contribution in [1.29, 1.82) is 0 Å². The average Bonchev–Trinajstić information content (AvgIpc) is 2.83. The first kappa shape index (κ1) is 13.9. The Morgan fingerprint density at radius 1 is 1.14 bits per heavy atom. The van der Waals surface area contributed by atoms with Crippen LogP contribution in [0.2, 0.25) is 0 Å². The number of rotatable bonds is 4. The van der Waals surface area contributed by atoms with Gasteiger partial charge in [-0.25, -0.2) is 0 Å². The minimum absolute atomic E-state index is 0.554. The molecular formula is C17H21N3O. The lowest BCUT2D eigenvalue weighted by Crippen LogP contribution is -2.27. The summed E-state index contributed by atoms with van der Waals surface area (Å²) in [5.74, 6) is 0.911. The number of ether oxygens (including phenoxy) is 1. The maximum absolute atomic E-state index is 5.87. The Bertz CT molecular complexity index is 551. The molecule has 1 N–H and O–H groups in total. The summed E-state index contributed by atoms with van der Waals surface area (Å²) in [6, 6.07) is 12.3. The lowest BCUT2D eigenvalue weighted by molar-refractivity contribution is 0.306. The first-order chi connectivity index (χ1) is 10.4. The molecule has 21 heavy (non-hydrogen) atoms. The van der Waals surface area contributed by atoms with Crippen LogP contribution in [0.3, 0.4) is 0 Å². The highest BCUT2D eigenvalue weighted by Crippen LogP contribution is 2.22. The Labute approximate surface area is 125 Å². The summed E-state index contributed by atoms with van der Waals surface area (Å²) >= 11 is 0. The molecule has 1 aliphatic heterocycles. The molecule has 0 saturated carbocycles. The van der Waals surface area contributed by atoms with Crippen molar-refractivity contribution in [2.75, 3.05) is 31.1 Å². The van der Waals surface area contributed by atoms with E-state index in [1.54, 1.807) is 6.20 Å². The fourth-order valence-electron chi connectivity index (χ4n) is 2.52. The lowest BCUT2D eigenvalue weighted by atomic mass is 10.2. The van der Waals surface area contributed by atoms with E-state index in [1.165, 1.54) is 12.1 Å². The number of aromatic nitrogens is 1. The van der Waals surface area contributed by atoms with E-state index in [2.05, 4.69) is 33.4 Å². The van der Waals surface area contributed by atoms with Crippen LogP contribution in [0.1, 0.15) is 12.0 Å². The van der Waals surface area contributed by atoms with Crippen LogP contribution < -0.4 is 15.0 Å². The van der Waals surface area contributed by atoms with Gasteiger partial charge >= 0.3 is 0 Å². The Hall–Kier alpha value is -2.07. The van der Waals surface area contributed by atoms with E-state index in [4.69, 9.17) is 4.74 Å². The number of hydrogen-bond donors (Lipinski definition) is 1. The van der Waals surface area contributed by atoms with Crippen LogP contribution in [-0.4, -0.2) is 31.2 Å². The van der Waals surface area contributed by atoms with Gasteiger partial charge in [0.05, 0.1) is 0 Å². The molecule has 4 heteroatoms. The van der Waals surface area contributed by atoms with Crippen molar-refractivity contribution in [3.05, 3.63) is 54.4 Å². The second-order valence-electron chi connectivity index (χ2n) is 5.24. The molecule has 1 aliphatic rings. The fourth-order valence-corrected chi connectivity index (χ4v) is 2.52. The predicted molar refractivity (Wildman–Crippen MR) is 84.7 cm³/mol. The molecule has 1 fully saturated rings. The maximum Gasteiger partial charge on any atom is 0.121 e. The van der Waals surface area contributed by atoms with Gasteiger partial charge in [0.15, 0.2) is 0 Å². The zero-order chi connectivity index (χ0) is 14.3. The van der Waals surface area contributed by atoms with E-state index in [0.29, 0.717) is 6.61 Å². The predicted octanol–water partition coefficient (Wildman–Crippen LogP) is 2.46. The van der Waals surface area contributed by atoms with Crippen LogP contribution in [-0.2, 0) is 6.61 Å². The Balaban J connectivity index is 1.65. The molecule has 2 heterocycles. The SMILES string of the molecule is c1cncc(COc2cccc(N3CCCNCC3)c2)c1. The molecule has 1 aromatic heterocycles. The summed E-state index contributed by atoms with van der Waals surface area (Å²) in [5.41, 5.74) is 2.32. The largest absolute Gasteiger partial charge is 0.489 e. The average molecular weight is 283 g/mol. The summed E-state index contributed by atoms with van der Waals surface area (Å²) in [4.78, 5) is 6.52. The van der Waals surface area contributed by atoms with Crippen LogP contribution in [0, 0.1) is 0 Å². The summed E-state index contributed by atoms with van der Waals surface area (Å²) in [7, 11) is 0. The van der Waals surface area contributed by atoms with Gasteiger partial charge in [-0.05, 0) is 31.2 Å². The number of anilines is 1. The molecule has 0 spiro atoms. The standard InChI is InChI=1S/C17H21N3O/c1-5-16(20-10-3-8-18-9-11-20)12-17(6-1)21-14-15-4-2-7-19-13-15/h1-2,4-7,12-13,18H,3,8-11,14H2. The van der Waals surface area contributed by atoms with E-state index in [-0.39, 0.29) is 0 Å². The van der Waals surface area contributed by atoms with E-state index < -0.39 is 0 Å². The van der Waals surface area contributed by atoms with Crippen LogP contribution >= 0.6 is 0 Å². The molecule has 0 atom stereocenters. The van der Waals surface area contributed by atoms with Crippen LogP contribution in [0.4, 0.5) is 5.69 Å². The quantitative estimate of drug-likeness (QED) is 0.935. The van der Waals surface area contributed by atoms with Crippen LogP contribution in [0.5, 0.6) is 5.75 Å². The van der Waals surface area contributed by atoms with Gasteiger partial charge in [0.25, 0.3) is 0 Å². The molecule has 0 radical (unpaired) electrons. The van der Waals surface area contributed by atoms with Gasteiger partial charge in [0, 0.05) is 49.3 Å². The zero-order valence-electron chi connectivity index (χ0n) is 12.2. The van der Waals surface area contributed by atoms with E-state index in [9.17, 15) is 0 Å². The normalized spacial score (nSPS) is 15.5. The van der Waals surface area contributed by atoms with E-state index >= 15 is 0 Å². The van der Waals surface area contributed by atoms with Crippen LogP contribution in [0.15, 0.2) is 48.8 Å². The minimum Gasteiger partial charge on any atom is -0.489 e. The lowest BCUT2D eigenvalue weighted by Gasteiger charge is -2.22. The molecule has 110 valence electrons. The zero-order valence-corrected chi connectivity index (χ0v) is 12.2. The molecular weight excluding hydrogens is 262 g/mol. The number of benzene rings is 1. The van der Waals surface area contributed by atoms with E-state index in [0.717, 1.165) is 37.5 Å². The summed E-state index contributed by atoms with van der Waals surface area (Å²) in [6.07, 6.45) is 4.79. The minimum atomic E-state index is 0.554. The topological polar surface area (TPSA) is 37.4 Å². The Morgan fingerprint density at radius 2 is 2.14 bits per heavy atom. The molecule has 1 saturated heterocycles. The molecule has 0 bridgehead atoms. The van der Waals surface area contributed by atoms with Crippen molar-refractivity contribution in [3.8, 4) is 5.75 Å². The third-order valence-corrected chi connectivity index (χ3v) is 3.65.